The molecule has 1 fully saturated rings. The van der Waals surface area contributed by atoms with E-state index in [1.807, 2.05) is 48.5 Å². The van der Waals surface area contributed by atoms with Crippen LogP contribution in [-0.4, -0.2) is 25.5 Å². The van der Waals surface area contributed by atoms with Gasteiger partial charge in [0.05, 0.1) is 7.11 Å². The average Bonchev–Trinajstić information content (AvgIpc) is 3.07. The predicted octanol–water partition coefficient (Wildman–Crippen LogP) is 3.39. The van der Waals surface area contributed by atoms with Crippen molar-refractivity contribution in [3.05, 3.63) is 54.1 Å². The summed E-state index contributed by atoms with van der Waals surface area (Å²) in [4.78, 5) is 25.6. The minimum Gasteiger partial charge on any atom is -0.497 e. The summed E-state index contributed by atoms with van der Waals surface area (Å²) in [5.74, 6) is 0.946. The minimum absolute atomic E-state index is 0.0270. The number of nitrogens with zero attached hydrogens (tertiary/aromatic N) is 1. The molecule has 0 unspecified atom stereocenters. The second kappa shape index (κ2) is 7.83. The van der Waals surface area contributed by atoms with Gasteiger partial charge in [-0.15, -0.1) is 0 Å². The molecule has 0 atom stereocenters. The van der Waals surface area contributed by atoms with Gasteiger partial charge in [-0.25, -0.2) is 0 Å². The van der Waals surface area contributed by atoms with Crippen LogP contribution in [0.2, 0.25) is 0 Å². The number of rotatable bonds is 6. The molecule has 25 heavy (non-hydrogen) atoms. The number of hydrogen-bond donors (Lipinski definition) is 1. The molecule has 0 spiro atoms. The first kappa shape index (κ1) is 17.0. The number of anilines is 2. The molecule has 1 aliphatic rings. The molecular formula is C20H22N2O3. The highest BCUT2D eigenvalue weighted by Crippen LogP contribution is 2.23. The Kier molecular flexibility index (Phi) is 5.33. The van der Waals surface area contributed by atoms with Gasteiger partial charge in [-0.3, -0.25) is 9.59 Å². The van der Waals surface area contributed by atoms with E-state index in [-0.39, 0.29) is 11.8 Å². The van der Waals surface area contributed by atoms with Gasteiger partial charge in [0, 0.05) is 30.8 Å². The normalized spacial score (nSPS) is 13.8. The predicted molar refractivity (Wildman–Crippen MR) is 98.0 cm³/mol. The third-order valence-corrected chi connectivity index (χ3v) is 4.34. The van der Waals surface area contributed by atoms with Crippen LogP contribution in [0.15, 0.2) is 48.5 Å². The zero-order valence-corrected chi connectivity index (χ0v) is 14.3. The lowest BCUT2D eigenvalue weighted by Gasteiger charge is -2.16. The van der Waals surface area contributed by atoms with Crippen molar-refractivity contribution in [2.75, 3.05) is 23.9 Å². The maximum absolute atomic E-state index is 12.1. The first-order valence-corrected chi connectivity index (χ1v) is 8.49. The Morgan fingerprint density at radius 1 is 1.12 bits per heavy atom. The summed E-state index contributed by atoms with van der Waals surface area (Å²) in [6.07, 6.45) is 2.61. The van der Waals surface area contributed by atoms with E-state index in [0.717, 1.165) is 35.7 Å². The lowest BCUT2D eigenvalue weighted by molar-refractivity contribution is -0.117. The number of benzene rings is 2. The molecule has 0 aliphatic carbocycles. The quantitative estimate of drug-likeness (QED) is 0.878. The summed E-state index contributed by atoms with van der Waals surface area (Å²) in [7, 11) is 1.63. The van der Waals surface area contributed by atoms with Crippen LogP contribution in [0.4, 0.5) is 11.4 Å². The molecule has 2 aromatic rings. The van der Waals surface area contributed by atoms with Crippen molar-refractivity contribution in [1.29, 1.82) is 0 Å². The lowest BCUT2D eigenvalue weighted by Crippen LogP contribution is -2.23. The Morgan fingerprint density at radius 2 is 1.84 bits per heavy atom. The number of aryl methyl sites for hydroxylation is 1. The van der Waals surface area contributed by atoms with E-state index in [9.17, 15) is 9.59 Å². The molecule has 130 valence electrons. The fourth-order valence-corrected chi connectivity index (χ4v) is 2.92. The zero-order valence-electron chi connectivity index (χ0n) is 14.3. The highest BCUT2D eigenvalue weighted by molar-refractivity contribution is 5.96. The molecule has 0 bridgehead atoms. The number of amides is 2. The van der Waals surface area contributed by atoms with Gasteiger partial charge in [-0.1, -0.05) is 12.1 Å². The van der Waals surface area contributed by atoms with E-state index < -0.39 is 0 Å². The van der Waals surface area contributed by atoms with Crippen LogP contribution in [-0.2, 0) is 16.0 Å². The molecule has 3 rings (SSSR count). The van der Waals surface area contributed by atoms with Gasteiger partial charge in [-0.05, 0) is 54.8 Å². The van der Waals surface area contributed by atoms with Crippen molar-refractivity contribution in [2.45, 2.75) is 25.7 Å². The Balaban J connectivity index is 1.51. The van der Waals surface area contributed by atoms with Crippen molar-refractivity contribution in [1.82, 2.24) is 0 Å². The monoisotopic (exact) mass is 338 g/mol. The summed E-state index contributed by atoms with van der Waals surface area (Å²) in [5, 5.41) is 2.90. The summed E-state index contributed by atoms with van der Waals surface area (Å²) < 4.78 is 5.12. The van der Waals surface area contributed by atoms with Gasteiger partial charge in [0.25, 0.3) is 0 Å². The maximum Gasteiger partial charge on any atom is 0.227 e. The largest absolute Gasteiger partial charge is 0.497 e. The number of carbonyl (C=O) groups is 2. The van der Waals surface area contributed by atoms with Crippen molar-refractivity contribution in [3.63, 3.8) is 0 Å². The third kappa shape index (κ3) is 4.38. The zero-order chi connectivity index (χ0) is 17.6. The second-order valence-corrected chi connectivity index (χ2v) is 6.09. The maximum atomic E-state index is 12.1. The van der Waals surface area contributed by atoms with Crippen LogP contribution in [0.3, 0.4) is 0 Å². The number of hydrogen-bond acceptors (Lipinski definition) is 3. The third-order valence-electron chi connectivity index (χ3n) is 4.34. The Labute approximate surface area is 147 Å². The molecule has 0 aromatic heterocycles. The number of methoxy groups -OCH3 is 1. The van der Waals surface area contributed by atoms with Crippen LogP contribution in [0, 0.1) is 0 Å². The minimum atomic E-state index is -0.0270. The van der Waals surface area contributed by atoms with E-state index in [1.165, 1.54) is 0 Å². The van der Waals surface area contributed by atoms with E-state index in [0.29, 0.717) is 19.3 Å². The first-order valence-electron chi connectivity index (χ1n) is 8.49. The summed E-state index contributed by atoms with van der Waals surface area (Å²) in [6.45, 7) is 0.770. The van der Waals surface area contributed by atoms with Crippen molar-refractivity contribution in [3.8, 4) is 5.75 Å². The van der Waals surface area contributed by atoms with E-state index in [2.05, 4.69) is 5.32 Å². The molecule has 1 heterocycles. The van der Waals surface area contributed by atoms with E-state index in [4.69, 9.17) is 4.74 Å². The fourth-order valence-electron chi connectivity index (χ4n) is 2.92. The Morgan fingerprint density at radius 3 is 2.44 bits per heavy atom. The summed E-state index contributed by atoms with van der Waals surface area (Å²) in [6, 6.07) is 15.2. The molecule has 1 N–H and O–H groups in total. The molecule has 2 amide bonds. The summed E-state index contributed by atoms with van der Waals surface area (Å²) >= 11 is 0. The first-order chi connectivity index (χ1) is 12.2. The molecular weight excluding hydrogens is 316 g/mol. The highest BCUT2D eigenvalue weighted by atomic mass is 16.5. The molecule has 5 heteroatoms. The Bertz CT molecular complexity index is 739. The average molecular weight is 338 g/mol. The molecule has 2 aromatic carbocycles. The molecule has 1 saturated heterocycles. The number of carbonyl (C=O) groups excluding carboxylic acids is 2. The Hall–Kier alpha value is -2.82. The van der Waals surface area contributed by atoms with Gasteiger partial charge < -0.3 is 15.0 Å². The number of nitrogens with one attached hydrogen (secondary N) is 1. The number of ether oxygens (including phenoxy) is 1. The van der Waals surface area contributed by atoms with Crippen LogP contribution in [0.1, 0.15) is 24.8 Å². The van der Waals surface area contributed by atoms with E-state index in [1.54, 1.807) is 12.0 Å². The SMILES string of the molecule is COc1ccc(CCC(=O)Nc2ccc(N3CCCC3=O)cc2)cc1. The highest BCUT2D eigenvalue weighted by Gasteiger charge is 2.21. The van der Waals surface area contributed by atoms with Crippen LogP contribution >= 0.6 is 0 Å². The molecule has 0 saturated carbocycles. The molecule has 0 radical (unpaired) electrons. The standard InChI is InChI=1S/C20H22N2O3/c1-25-18-11-4-15(5-12-18)6-13-19(23)21-16-7-9-17(10-8-16)22-14-2-3-20(22)24/h4-5,7-12H,2-3,6,13-14H2,1H3,(H,21,23). The van der Waals surface area contributed by atoms with Gasteiger partial charge in [0.2, 0.25) is 11.8 Å². The van der Waals surface area contributed by atoms with Gasteiger partial charge in [0.15, 0.2) is 0 Å². The smallest absolute Gasteiger partial charge is 0.227 e. The topological polar surface area (TPSA) is 58.6 Å². The van der Waals surface area contributed by atoms with Crippen molar-refractivity contribution >= 4 is 23.2 Å². The molecule has 5 nitrogen and oxygen atoms in total. The van der Waals surface area contributed by atoms with Crippen molar-refractivity contribution in [2.24, 2.45) is 0 Å². The van der Waals surface area contributed by atoms with Gasteiger partial charge in [-0.2, -0.15) is 0 Å². The second-order valence-electron chi connectivity index (χ2n) is 6.09. The van der Waals surface area contributed by atoms with Crippen LogP contribution < -0.4 is 15.0 Å². The van der Waals surface area contributed by atoms with Gasteiger partial charge >= 0.3 is 0 Å². The van der Waals surface area contributed by atoms with Crippen LogP contribution in [0.5, 0.6) is 5.75 Å². The fraction of sp³-hybridized carbons (Fsp3) is 0.300. The lowest BCUT2D eigenvalue weighted by atomic mass is 10.1. The van der Waals surface area contributed by atoms with E-state index >= 15 is 0 Å². The van der Waals surface area contributed by atoms with Crippen molar-refractivity contribution < 1.29 is 14.3 Å². The summed E-state index contributed by atoms with van der Waals surface area (Å²) in [5.41, 5.74) is 2.73. The molecule has 1 aliphatic heterocycles. The van der Waals surface area contributed by atoms with Crippen LogP contribution in [0.25, 0.3) is 0 Å². The van der Waals surface area contributed by atoms with Gasteiger partial charge in [0.1, 0.15) is 5.75 Å².